The minimum atomic E-state index is -0.409. The molecule has 8 nitrogen and oxygen atoms in total. The van der Waals surface area contributed by atoms with Crippen molar-refractivity contribution in [2.75, 3.05) is 44.3 Å². The van der Waals surface area contributed by atoms with Crippen LogP contribution in [-0.4, -0.2) is 56.4 Å². The summed E-state index contributed by atoms with van der Waals surface area (Å²) in [6.45, 7) is 3.07. The first-order valence-electron chi connectivity index (χ1n) is 8.25. The Kier molecular flexibility index (Phi) is 5.80. The maximum atomic E-state index is 12.8. The number of nitrogens with zero attached hydrogens (tertiary/aromatic N) is 2. The van der Waals surface area contributed by atoms with Crippen LogP contribution >= 0.6 is 0 Å². The van der Waals surface area contributed by atoms with Crippen LogP contribution in [0.25, 0.3) is 0 Å². The first-order chi connectivity index (χ1) is 12.6. The minimum absolute atomic E-state index is 0.108. The molecule has 26 heavy (non-hydrogen) atoms. The monoisotopic (exact) mass is 362 g/mol. The number of morpholine rings is 1. The van der Waals surface area contributed by atoms with Crippen molar-refractivity contribution in [3.05, 3.63) is 47.5 Å². The fourth-order valence-corrected chi connectivity index (χ4v) is 2.46. The fourth-order valence-electron chi connectivity index (χ4n) is 2.46. The Bertz CT molecular complexity index is 756. The average Bonchev–Trinajstić information content (AvgIpc) is 3.16. The standard InChI is InChI=1S/C17H19FN4O4/c18-13-3-1-12(2-4-13)16(23)19-5-6-20-17(24)14-11-15(21-26-14)22-7-9-25-10-8-22/h1-4,11H,5-10H2,(H,19,23)(H,20,24). The van der Waals surface area contributed by atoms with E-state index in [9.17, 15) is 14.0 Å². The van der Waals surface area contributed by atoms with Crippen molar-refractivity contribution in [3.63, 3.8) is 0 Å². The summed E-state index contributed by atoms with van der Waals surface area (Å²) in [4.78, 5) is 25.9. The molecule has 2 N–H and O–H groups in total. The van der Waals surface area contributed by atoms with Gasteiger partial charge in [-0.25, -0.2) is 4.39 Å². The highest BCUT2D eigenvalue weighted by Crippen LogP contribution is 2.15. The Morgan fingerprint density at radius 3 is 2.42 bits per heavy atom. The van der Waals surface area contributed by atoms with Crippen LogP contribution in [0.2, 0.25) is 0 Å². The van der Waals surface area contributed by atoms with Crippen molar-refractivity contribution in [2.45, 2.75) is 0 Å². The molecule has 138 valence electrons. The number of amides is 2. The third-order valence-electron chi connectivity index (χ3n) is 3.86. The molecular weight excluding hydrogens is 343 g/mol. The van der Waals surface area contributed by atoms with Crippen LogP contribution in [0.5, 0.6) is 0 Å². The molecule has 1 aliphatic rings. The number of hydrogen-bond donors (Lipinski definition) is 2. The summed E-state index contributed by atoms with van der Waals surface area (Å²) in [5.41, 5.74) is 0.350. The number of rotatable bonds is 6. The maximum absolute atomic E-state index is 12.8. The number of ether oxygens (including phenoxy) is 1. The lowest BCUT2D eigenvalue weighted by atomic mass is 10.2. The third kappa shape index (κ3) is 4.57. The van der Waals surface area contributed by atoms with Gasteiger partial charge in [0.1, 0.15) is 5.82 Å². The Balaban J connectivity index is 1.42. The number of hydrogen-bond acceptors (Lipinski definition) is 6. The average molecular weight is 362 g/mol. The zero-order chi connectivity index (χ0) is 18.4. The summed E-state index contributed by atoms with van der Waals surface area (Å²) in [7, 11) is 0. The molecule has 0 aliphatic carbocycles. The van der Waals surface area contributed by atoms with Crippen LogP contribution in [0.4, 0.5) is 10.2 Å². The number of anilines is 1. The summed E-state index contributed by atoms with van der Waals surface area (Å²) >= 11 is 0. The molecule has 0 bridgehead atoms. The van der Waals surface area contributed by atoms with Crippen LogP contribution in [-0.2, 0) is 4.74 Å². The number of nitrogens with one attached hydrogen (secondary N) is 2. The van der Waals surface area contributed by atoms with Gasteiger partial charge in [-0.3, -0.25) is 9.59 Å². The summed E-state index contributed by atoms with van der Waals surface area (Å²) in [6.07, 6.45) is 0. The Morgan fingerprint density at radius 2 is 1.73 bits per heavy atom. The second-order valence-electron chi connectivity index (χ2n) is 5.67. The van der Waals surface area contributed by atoms with Gasteiger partial charge in [0, 0.05) is 37.8 Å². The van der Waals surface area contributed by atoms with Crippen molar-refractivity contribution >= 4 is 17.6 Å². The SMILES string of the molecule is O=C(NCCNC(=O)c1cc(N2CCOCC2)no1)c1ccc(F)cc1. The molecule has 3 rings (SSSR count). The van der Waals surface area contributed by atoms with Gasteiger partial charge in [0.2, 0.25) is 5.76 Å². The molecule has 2 heterocycles. The van der Waals surface area contributed by atoms with E-state index >= 15 is 0 Å². The first kappa shape index (κ1) is 17.9. The van der Waals surface area contributed by atoms with Gasteiger partial charge in [0.15, 0.2) is 5.82 Å². The van der Waals surface area contributed by atoms with Gasteiger partial charge in [0.25, 0.3) is 11.8 Å². The topological polar surface area (TPSA) is 96.7 Å². The van der Waals surface area contributed by atoms with Crippen molar-refractivity contribution in [3.8, 4) is 0 Å². The molecule has 2 amide bonds. The van der Waals surface area contributed by atoms with Crippen LogP contribution in [0.1, 0.15) is 20.9 Å². The van der Waals surface area contributed by atoms with Gasteiger partial charge >= 0.3 is 0 Å². The summed E-state index contributed by atoms with van der Waals surface area (Å²) in [6, 6.07) is 6.80. The lowest BCUT2D eigenvalue weighted by Crippen LogP contribution is -2.36. The number of halogens is 1. The lowest BCUT2D eigenvalue weighted by Gasteiger charge is -2.25. The zero-order valence-corrected chi connectivity index (χ0v) is 14.0. The number of aromatic nitrogens is 1. The van der Waals surface area contributed by atoms with Gasteiger partial charge in [-0.1, -0.05) is 5.16 Å². The van der Waals surface area contributed by atoms with E-state index in [-0.39, 0.29) is 24.8 Å². The van der Waals surface area contributed by atoms with Crippen molar-refractivity contribution in [2.24, 2.45) is 0 Å². The molecule has 2 aromatic rings. The molecule has 1 aromatic heterocycles. The molecule has 1 fully saturated rings. The van der Waals surface area contributed by atoms with E-state index in [1.807, 2.05) is 4.90 Å². The van der Waals surface area contributed by atoms with Gasteiger partial charge in [-0.2, -0.15) is 0 Å². The summed E-state index contributed by atoms with van der Waals surface area (Å²) < 4.78 is 23.2. The van der Waals surface area contributed by atoms with Crippen LogP contribution in [0, 0.1) is 5.82 Å². The highest BCUT2D eigenvalue weighted by atomic mass is 19.1. The summed E-state index contributed by atoms with van der Waals surface area (Å²) in [5.74, 6) is -0.446. The number of benzene rings is 1. The van der Waals surface area contributed by atoms with E-state index in [1.54, 1.807) is 6.07 Å². The number of carbonyl (C=O) groups excluding carboxylic acids is 2. The Hall–Kier alpha value is -2.94. The molecule has 0 radical (unpaired) electrons. The highest BCUT2D eigenvalue weighted by molar-refractivity contribution is 5.94. The van der Waals surface area contributed by atoms with Crippen molar-refractivity contribution < 1.29 is 23.2 Å². The van der Waals surface area contributed by atoms with Crippen LogP contribution in [0.15, 0.2) is 34.9 Å². The van der Waals surface area contributed by atoms with E-state index in [0.717, 1.165) is 0 Å². The van der Waals surface area contributed by atoms with Gasteiger partial charge in [-0.05, 0) is 24.3 Å². The van der Waals surface area contributed by atoms with Gasteiger partial charge < -0.3 is 24.8 Å². The van der Waals surface area contributed by atoms with Crippen LogP contribution in [0.3, 0.4) is 0 Å². The predicted octanol–water partition coefficient (Wildman–Crippen LogP) is 0.810. The fraction of sp³-hybridized carbons (Fsp3) is 0.353. The summed E-state index contributed by atoms with van der Waals surface area (Å²) in [5, 5.41) is 9.18. The first-order valence-corrected chi connectivity index (χ1v) is 8.25. The highest BCUT2D eigenvalue weighted by Gasteiger charge is 2.18. The normalized spacial score (nSPS) is 14.1. The molecule has 1 saturated heterocycles. The second-order valence-corrected chi connectivity index (χ2v) is 5.67. The van der Waals surface area contributed by atoms with E-state index < -0.39 is 11.7 Å². The quantitative estimate of drug-likeness (QED) is 0.739. The molecule has 0 unspecified atom stereocenters. The maximum Gasteiger partial charge on any atom is 0.290 e. The molecule has 0 saturated carbocycles. The predicted molar refractivity (Wildman–Crippen MR) is 90.6 cm³/mol. The molecule has 0 spiro atoms. The van der Waals surface area contributed by atoms with Crippen molar-refractivity contribution in [1.82, 2.24) is 15.8 Å². The molecule has 9 heteroatoms. The van der Waals surface area contributed by atoms with E-state index in [0.29, 0.717) is 37.7 Å². The Labute approximate surface area is 149 Å². The second kappa shape index (κ2) is 8.43. The lowest BCUT2D eigenvalue weighted by molar-refractivity contribution is 0.0903. The minimum Gasteiger partial charge on any atom is -0.378 e. The smallest absolute Gasteiger partial charge is 0.290 e. The molecule has 1 aliphatic heterocycles. The Morgan fingerprint density at radius 1 is 1.08 bits per heavy atom. The molecular formula is C17H19FN4O4. The molecule has 0 atom stereocenters. The van der Waals surface area contributed by atoms with E-state index in [2.05, 4.69) is 15.8 Å². The van der Waals surface area contributed by atoms with Gasteiger partial charge in [0.05, 0.1) is 13.2 Å². The zero-order valence-electron chi connectivity index (χ0n) is 14.0. The largest absolute Gasteiger partial charge is 0.378 e. The van der Waals surface area contributed by atoms with E-state index in [1.165, 1.54) is 24.3 Å². The van der Waals surface area contributed by atoms with E-state index in [4.69, 9.17) is 9.26 Å². The van der Waals surface area contributed by atoms with Gasteiger partial charge in [-0.15, -0.1) is 0 Å². The van der Waals surface area contributed by atoms with Crippen molar-refractivity contribution in [1.29, 1.82) is 0 Å². The molecule has 1 aromatic carbocycles. The third-order valence-corrected chi connectivity index (χ3v) is 3.86. The number of carbonyl (C=O) groups is 2. The van der Waals surface area contributed by atoms with Crippen LogP contribution < -0.4 is 15.5 Å².